The van der Waals surface area contributed by atoms with Crippen LogP contribution in [0.5, 0.6) is 11.5 Å². The third kappa shape index (κ3) is 14.6. The Bertz CT molecular complexity index is 4370. The number of aliphatic hydroxyl groups excluding tert-OH is 2. The molecule has 0 amide bonds. The van der Waals surface area contributed by atoms with E-state index in [0.29, 0.717) is 11.4 Å². The molecule has 0 radical (unpaired) electrons. The molecule has 0 fully saturated rings. The number of anilines is 10. The number of fused-ring (bicyclic) bond motifs is 2. The second-order valence-electron chi connectivity index (χ2n) is 19.0. The molecule has 0 spiro atoms. The highest BCUT2D eigenvalue weighted by Gasteiger charge is 2.24. The molecule has 0 saturated carbocycles. The summed E-state index contributed by atoms with van der Waals surface area (Å²) in [4.78, 5) is 71.9. The molecule has 2 aromatic heterocycles. The van der Waals surface area contributed by atoms with Gasteiger partial charge >= 0.3 is 23.9 Å². The summed E-state index contributed by atoms with van der Waals surface area (Å²) >= 11 is 0. The van der Waals surface area contributed by atoms with Crippen molar-refractivity contribution in [3.8, 4) is 11.5 Å². The van der Waals surface area contributed by atoms with Gasteiger partial charge in [0.1, 0.15) is 11.4 Å². The summed E-state index contributed by atoms with van der Waals surface area (Å²) in [5.41, 5.74) is -1.86. The van der Waals surface area contributed by atoms with Crippen molar-refractivity contribution in [2.75, 3.05) is 58.2 Å². The minimum atomic E-state index is -4.92. The normalized spacial score (nSPS) is 11.7. The molecule has 36 heteroatoms. The average Bonchev–Trinajstić information content (AvgIpc) is 0.799. The molecule has 0 aliphatic heterocycles. The molecule has 0 aliphatic rings. The predicted octanol–water partition coefficient (Wildman–Crippen LogP) is 8.29. The number of azo groups is 2. The largest absolute Gasteiger partial charge is 0.505 e. The Balaban J connectivity index is 1.02. The van der Waals surface area contributed by atoms with Crippen molar-refractivity contribution in [3.05, 3.63) is 130 Å². The van der Waals surface area contributed by atoms with Crippen LogP contribution < -0.4 is 31.9 Å². The lowest BCUT2D eigenvalue weighted by molar-refractivity contribution is 0.0676. The number of nitrogens with one attached hydrogen (secondary N) is 6. The van der Waals surface area contributed by atoms with Crippen LogP contribution in [0.3, 0.4) is 0 Å². The van der Waals surface area contributed by atoms with Gasteiger partial charge in [0.2, 0.25) is 35.7 Å². The number of carboxylic acid groups (broad SMARTS) is 4. The summed E-state index contributed by atoms with van der Waals surface area (Å²) in [6, 6.07) is 19.1. The standard InChI is InChI=1S/C54H46N16O18S2/c1-23-11-25-19-35(89(83,84)85)21-37(39(25)43(73)41(23)69-67-33-15-27(45(75)76)13-28(16-33)46(77)78)59-53-63-49(55-7-9-71)61-51(65-53)57-31-3-5-32(6-4-31)58-52-62-50(56-8-10-72)64-54(66-52)60-38-22-36(90(86,87)88)20-26-12-24(2)42(44(74)40(26)38)70-68-34-17-29(47(79)80)14-30(18-34)48(81)82/h3-6,11-22,71-74H,7-10H2,1-2H3,(H,75,76)(H,77,78)(H,79,80)(H,81,82)(H,83,84,85)(H,86,87,88)(H3,55,57,59,61,63,65)(H3,56,58,60,62,64,66). The zero-order valence-electron chi connectivity index (χ0n) is 46.1. The molecular weight excluding hydrogens is 1220 g/mol. The molecular formula is C54H46N16O18S2. The maximum atomic E-state index is 12.6. The minimum Gasteiger partial charge on any atom is -0.505 e. The van der Waals surface area contributed by atoms with Crippen LogP contribution in [-0.4, -0.2) is 147 Å². The number of carbonyl (C=O) groups is 4. The molecule has 9 aromatic rings. The van der Waals surface area contributed by atoms with Crippen LogP contribution in [-0.2, 0) is 20.2 Å². The Morgan fingerprint density at radius 2 is 0.744 bits per heavy atom. The first-order valence-corrected chi connectivity index (χ1v) is 28.5. The maximum absolute atomic E-state index is 12.6. The molecule has 34 nitrogen and oxygen atoms in total. The molecule has 0 atom stereocenters. The van der Waals surface area contributed by atoms with Gasteiger partial charge in [-0.3, -0.25) is 9.11 Å². The van der Waals surface area contributed by atoms with Crippen molar-refractivity contribution in [1.29, 1.82) is 0 Å². The number of nitrogens with zero attached hydrogens (tertiary/aromatic N) is 10. The zero-order chi connectivity index (χ0) is 64.9. The lowest BCUT2D eigenvalue weighted by atomic mass is 10.0. The first kappa shape index (κ1) is 62.8. The van der Waals surface area contributed by atoms with Gasteiger partial charge in [0.05, 0.1) is 68.0 Å². The van der Waals surface area contributed by atoms with Gasteiger partial charge in [-0.1, -0.05) is 0 Å². The zero-order valence-corrected chi connectivity index (χ0v) is 47.7. The number of rotatable bonds is 24. The van der Waals surface area contributed by atoms with Crippen molar-refractivity contribution in [2.24, 2.45) is 20.5 Å². The first-order valence-electron chi connectivity index (χ1n) is 25.7. The number of benzene rings is 7. The molecule has 0 unspecified atom stereocenters. The van der Waals surface area contributed by atoms with E-state index in [1.807, 2.05) is 0 Å². The summed E-state index contributed by atoms with van der Waals surface area (Å²) in [5.74, 6) is -8.19. The van der Waals surface area contributed by atoms with E-state index in [1.165, 1.54) is 26.0 Å². The Morgan fingerprint density at radius 1 is 0.433 bits per heavy atom. The van der Waals surface area contributed by atoms with Crippen molar-refractivity contribution >= 4 is 147 Å². The third-order valence-corrected chi connectivity index (χ3v) is 14.3. The van der Waals surface area contributed by atoms with E-state index in [1.54, 1.807) is 24.3 Å². The number of aliphatic hydroxyl groups is 2. The SMILES string of the molecule is Cc1cc2cc(S(=O)(=O)O)cc(Nc3nc(NCCO)nc(Nc4ccc(Nc5nc(NCCO)nc(Nc6cc(S(=O)(=O)O)cc7cc(C)c(N=Nc8cc(C(=O)O)cc(C(=O)O)c8)c(O)c67)n5)cc4)n3)c2c(O)c1N=Nc1cc(C(=O)O)cc(C(=O)O)c1. The number of aromatic carboxylic acids is 4. The fourth-order valence-electron chi connectivity index (χ4n) is 8.64. The second kappa shape index (κ2) is 25.7. The van der Waals surface area contributed by atoms with Crippen molar-refractivity contribution < 1.29 is 86.0 Å². The molecule has 2 heterocycles. The van der Waals surface area contributed by atoms with Gasteiger partial charge in [-0.25, -0.2) is 19.2 Å². The van der Waals surface area contributed by atoms with E-state index in [-0.39, 0.29) is 129 Å². The van der Waals surface area contributed by atoms with E-state index in [4.69, 9.17) is 0 Å². The number of hydrogen-bond donors (Lipinski definition) is 16. The van der Waals surface area contributed by atoms with E-state index in [9.17, 15) is 86.0 Å². The van der Waals surface area contributed by atoms with Gasteiger partial charge in [0.15, 0.2) is 11.5 Å². The van der Waals surface area contributed by atoms with Crippen LogP contribution in [0.1, 0.15) is 52.6 Å². The van der Waals surface area contributed by atoms with Crippen LogP contribution in [0.2, 0.25) is 0 Å². The van der Waals surface area contributed by atoms with Crippen LogP contribution in [0.25, 0.3) is 21.5 Å². The maximum Gasteiger partial charge on any atom is 0.335 e. The Morgan fingerprint density at radius 3 is 1.04 bits per heavy atom. The fraction of sp³-hybridized carbons (Fsp3) is 0.111. The number of aromatic nitrogens is 6. The van der Waals surface area contributed by atoms with Gasteiger partial charge in [-0.15, -0.1) is 10.2 Å². The molecule has 0 bridgehead atoms. The minimum absolute atomic E-state index is 0.0425. The quantitative estimate of drug-likeness (QED) is 0.0200. The van der Waals surface area contributed by atoms with Crippen LogP contribution >= 0.6 is 0 Å². The number of carboxylic acids is 4. The van der Waals surface area contributed by atoms with E-state index in [2.05, 4.69) is 82.3 Å². The highest BCUT2D eigenvalue weighted by atomic mass is 32.2. The van der Waals surface area contributed by atoms with Gasteiger partial charge < -0.3 is 72.8 Å². The monoisotopic (exact) mass is 1270 g/mol. The molecule has 0 saturated heterocycles. The number of phenols is 2. The summed E-state index contributed by atoms with van der Waals surface area (Å²) in [6.45, 7) is 2.07. The summed E-state index contributed by atoms with van der Waals surface area (Å²) in [5, 5.41) is 114. The molecule has 7 aromatic carbocycles. The average molecular weight is 1270 g/mol. The van der Waals surface area contributed by atoms with Crippen molar-refractivity contribution in [3.63, 3.8) is 0 Å². The third-order valence-electron chi connectivity index (χ3n) is 12.6. The smallest absolute Gasteiger partial charge is 0.335 e. The Labute approximate surface area is 505 Å². The van der Waals surface area contributed by atoms with Crippen molar-refractivity contribution in [2.45, 2.75) is 23.6 Å². The second-order valence-corrected chi connectivity index (χ2v) is 21.9. The predicted molar refractivity (Wildman–Crippen MR) is 320 cm³/mol. The number of aromatic hydroxyl groups is 2. The van der Waals surface area contributed by atoms with Gasteiger partial charge in [0, 0.05) is 35.2 Å². The van der Waals surface area contributed by atoms with Crippen LogP contribution in [0, 0.1) is 13.8 Å². The first-order chi connectivity index (χ1) is 42.6. The number of aryl methyl sites for hydroxylation is 2. The van der Waals surface area contributed by atoms with Crippen LogP contribution in [0.4, 0.5) is 81.2 Å². The van der Waals surface area contributed by atoms with Gasteiger partial charge in [-0.05, 0) is 133 Å². The molecule has 90 heavy (non-hydrogen) atoms. The Hall–Kier alpha value is -11.7. The van der Waals surface area contributed by atoms with Gasteiger partial charge in [-0.2, -0.15) is 57.0 Å². The number of hydrogen-bond acceptors (Lipinski definition) is 28. The highest BCUT2D eigenvalue weighted by molar-refractivity contribution is 7.86. The lowest BCUT2D eigenvalue weighted by Crippen LogP contribution is -2.13. The summed E-state index contributed by atoms with van der Waals surface area (Å²) in [7, 11) is -9.83. The fourth-order valence-corrected chi connectivity index (χ4v) is 9.73. The Kier molecular flexibility index (Phi) is 17.9. The van der Waals surface area contributed by atoms with E-state index >= 15 is 0 Å². The molecule has 16 N–H and O–H groups in total. The highest BCUT2D eigenvalue weighted by Crippen LogP contribution is 2.46. The molecule has 462 valence electrons. The van der Waals surface area contributed by atoms with Crippen molar-refractivity contribution in [1.82, 2.24) is 29.9 Å². The number of phenolic OH excluding ortho intramolecular Hbond substituents is 2. The van der Waals surface area contributed by atoms with Crippen LogP contribution in [0.15, 0.2) is 127 Å². The van der Waals surface area contributed by atoms with Gasteiger partial charge in [0.25, 0.3) is 20.2 Å². The molecule has 9 rings (SSSR count). The molecule has 0 aliphatic carbocycles. The summed E-state index contributed by atoms with van der Waals surface area (Å²) in [6.07, 6.45) is 0. The van der Waals surface area contributed by atoms with E-state index < -0.39 is 87.7 Å². The lowest BCUT2D eigenvalue weighted by Gasteiger charge is -2.16. The summed E-state index contributed by atoms with van der Waals surface area (Å²) < 4.78 is 70.7. The topological polar surface area (TPSA) is 538 Å². The van der Waals surface area contributed by atoms with E-state index in [0.717, 1.165) is 60.7 Å².